The molecule has 14 heavy (non-hydrogen) atoms. The Morgan fingerprint density at radius 2 is 1.86 bits per heavy atom. The molecule has 1 aliphatic carbocycles. The molecule has 0 spiro atoms. The molecule has 0 aromatic heterocycles. The first-order chi connectivity index (χ1) is 7.20. The number of Topliss-reactive ketones (excluding diaryl/α,β-unsaturated/α-hetero) is 1. The van der Waals surface area contributed by atoms with Gasteiger partial charge >= 0.3 is 0 Å². The third-order valence-electron chi connectivity index (χ3n) is 2.84. The molecule has 0 fully saturated rings. The molecule has 0 saturated carbocycles. The number of carbonyl (C=O) groups excluding carboxylic acids is 1. The lowest BCUT2D eigenvalue weighted by Crippen LogP contribution is -1.96. The summed E-state index contributed by atoms with van der Waals surface area (Å²) in [5.41, 5.74) is 2.15. The molecule has 0 heterocycles. The van der Waals surface area contributed by atoms with Gasteiger partial charge in [0.2, 0.25) is 0 Å². The molecule has 1 aliphatic rings. The van der Waals surface area contributed by atoms with Crippen LogP contribution in [-0.2, 0) is 4.79 Å². The predicted octanol–water partition coefficient (Wildman–Crippen LogP) is 4.03. The molecular weight excluding hydrogens is 172 g/mol. The van der Waals surface area contributed by atoms with Crippen molar-refractivity contribution in [2.75, 3.05) is 0 Å². The molecule has 0 amide bonds. The molecule has 0 bridgehead atoms. The summed E-state index contributed by atoms with van der Waals surface area (Å²) in [5.74, 6) is 0.245. The third-order valence-corrected chi connectivity index (χ3v) is 2.84. The number of ketones is 1. The normalized spacial score (nSPS) is 23.1. The van der Waals surface area contributed by atoms with Crippen LogP contribution in [0.4, 0.5) is 0 Å². The first-order valence-electron chi connectivity index (χ1n) is 6.45. The minimum atomic E-state index is -0.226. The fraction of sp³-hybridized carbons (Fsp3) is 0.769. The van der Waals surface area contributed by atoms with Gasteiger partial charge in [-0.1, -0.05) is 32.3 Å². The van der Waals surface area contributed by atoms with Crippen LogP contribution in [0.3, 0.4) is 0 Å². The van der Waals surface area contributed by atoms with Crippen molar-refractivity contribution >= 4 is 5.78 Å². The van der Waals surface area contributed by atoms with Gasteiger partial charge in [-0.05, 0) is 37.7 Å². The van der Waals surface area contributed by atoms with Crippen molar-refractivity contribution in [1.82, 2.24) is 0 Å². The average Bonchev–Trinajstić information content (AvgIpc) is 2.47. The van der Waals surface area contributed by atoms with E-state index in [2.05, 4.69) is 13.8 Å². The highest BCUT2D eigenvalue weighted by molar-refractivity contribution is 5.98. The van der Waals surface area contributed by atoms with Gasteiger partial charge < -0.3 is 0 Å². The quantitative estimate of drug-likeness (QED) is 0.625. The second-order valence-corrected chi connectivity index (χ2v) is 4.04. The Morgan fingerprint density at radius 1 is 1.21 bits per heavy atom. The molecule has 1 nitrogen and oxygen atoms in total. The van der Waals surface area contributed by atoms with Crippen molar-refractivity contribution < 1.29 is 6.17 Å². The first kappa shape index (κ1) is 9.95. The van der Waals surface area contributed by atoms with E-state index in [1.54, 1.807) is 0 Å². The van der Waals surface area contributed by atoms with E-state index in [1.165, 1.54) is 0 Å². The SMILES string of the molecule is [2H]C1CC(=O)C(CCCC)=C1CCCC. The van der Waals surface area contributed by atoms with E-state index >= 15 is 0 Å². The molecule has 1 rings (SSSR count). The van der Waals surface area contributed by atoms with Crippen LogP contribution in [-0.4, -0.2) is 5.78 Å². The molecule has 1 unspecified atom stereocenters. The topological polar surface area (TPSA) is 17.1 Å². The summed E-state index contributed by atoms with van der Waals surface area (Å²) >= 11 is 0. The number of hydrogen-bond donors (Lipinski definition) is 0. The summed E-state index contributed by atoms with van der Waals surface area (Å²) in [6, 6.07) is 0. The highest BCUT2D eigenvalue weighted by Gasteiger charge is 2.21. The molecule has 0 radical (unpaired) electrons. The monoisotopic (exact) mass is 195 g/mol. The van der Waals surface area contributed by atoms with Crippen LogP contribution in [0.25, 0.3) is 0 Å². The van der Waals surface area contributed by atoms with Crippen LogP contribution >= 0.6 is 0 Å². The number of carbonyl (C=O) groups is 1. The lowest BCUT2D eigenvalue weighted by Gasteiger charge is -2.04. The van der Waals surface area contributed by atoms with Crippen molar-refractivity contribution in [3.63, 3.8) is 0 Å². The number of unbranched alkanes of at least 4 members (excludes halogenated alkanes) is 2. The zero-order chi connectivity index (χ0) is 11.3. The largest absolute Gasteiger partial charge is 0.295 e. The van der Waals surface area contributed by atoms with E-state index in [9.17, 15) is 4.79 Å². The van der Waals surface area contributed by atoms with Crippen molar-refractivity contribution in [3.05, 3.63) is 11.1 Å². The summed E-state index contributed by atoms with van der Waals surface area (Å²) < 4.78 is 7.89. The van der Waals surface area contributed by atoms with E-state index < -0.39 is 0 Å². The van der Waals surface area contributed by atoms with E-state index in [-0.39, 0.29) is 12.2 Å². The highest BCUT2D eigenvalue weighted by atomic mass is 16.1. The zero-order valence-corrected chi connectivity index (χ0v) is 9.44. The van der Waals surface area contributed by atoms with Crippen LogP contribution in [0.5, 0.6) is 0 Å². The maximum absolute atomic E-state index is 11.7. The van der Waals surface area contributed by atoms with Gasteiger partial charge in [-0.3, -0.25) is 4.79 Å². The fourth-order valence-electron chi connectivity index (χ4n) is 1.92. The van der Waals surface area contributed by atoms with E-state index in [0.29, 0.717) is 6.42 Å². The van der Waals surface area contributed by atoms with Gasteiger partial charge in [-0.25, -0.2) is 0 Å². The lowest BCUT2D eigenvalue weighted by molar-refractivity contribution is -0.115. The Kier molecular flexibility index (Phi) is 4.26. The highest BCUT2D eigenvalue weighted by Crippen LogP contribution is 2.30. The van der Waals surface area contributed by atoms with Gasteiger partial charge in [-0.15, -0.1) is 0 Å². The smallest absolute Gasteiger partial charge is 0.159 e. The van der Waals surface area contributed by atoms with Gasteiger partial charge in [0.25, 0.3) is 0 Å². The van der Waals surface area contributed by atoms with Gasteiger partial charge in [0.05, 0.1) is 0 Å². The van der Waals surface area contributed by atoms with E-state index in [4.69, 9.17) is 1.37 Å². The summed E-state index contributed by atoms with van der Waals surface area (Å²) in [5, 5.41) is 0. The molecule has 0 N–H and O–H groups in total. The van der Waals surface area contributed by atoms with Gasteiger partial charge in [-0.2, -0.15) is 0 Å². The summed E-state index contributed by atoms with van der Waals surface area (Å²) in [7, 11) is 0. The van der Waals surface area contributed by atoms with Crippen molar-refractivity contribution in [2.45, 2.75) is 65.2 Å². The van der Waals surface area contributed by atoms with Crippen LogP contribution < -0.4 is 0 Å². The summed E-state index contributed by atoms with van der Waals surface area (Å²) in [6.45, 7) is 4.30. The van der Waals surface area contributed by atoms with Crippen LogP contribution in [0, 0.1) is 0 Å². The maximum atomic E-state index is 11.7. The first-order valence-corrected chi connectivity index (χ1v) is 5.88. The summed E-state index contributed by atoms with van der Waals surface area (Å²) in [6.07, 6.45) is 6.57. The fourth-order valence-corrected chi connectivity index (χ4v) is 1.92. The van der Waals surface area contributed by atoms with E-state index in [1.807, 2.05) is 0 Å². The minimum absolute atomic E-state index is 0.226. The maximum Gasteiger partial charge on any atom is 0.159 e. The Balaban J connectivity index is 2.69. The predicted molar refractivity (Wildman–Crippen MR) is 60.3 cm³/mol. The zero-order valence-electron chi connectivity index (χ0n) is 10.4. The second kappa shape index (κ2) is 6.00. The Hall–Kier alpha value is -0.590. The standard InChI is InChI=1S/C13H22O/c1-3-5-7-11-9-10-13(14)12(11)8-6-4-2/h3-10H2,1-2H3/i9D. The number of rotatable bonds is 6. The molecular formula is C13H22O. The lowest BCUT2D eigenvalue weighted by atomic mass is 10.0. The summed E-state index contributed by atoms with van der Waals surface area (Å²) in [4.78, 5) is 11.7. The Labute approximate surface area is 89.0 Å². The molecule has 0 aromatic carbocycles. The van der Waals surface area contributed by atoms with Gasteiger partial charge in [0.1, 0.15) is 0 Å². The molecule has 1 heteroatoms. The van der Waals surface area contributed by atoms with Crippen molar-refractivity contribution in [1.29, 1.82) is 0 Å². The Bertz CT molecular complexity index is 255. The molecule has 80 valence electrons. The number of allylic oxidation sites excluding steroid dienone is 2. The van der Waals surface area contributed by atoms with Crippen LogP contribution in [0.1, 0.15) is 66.6 Å². The van der Waals surface area contributed by atoms with Crippen LogP contribution in [0.2, 0.25) is 0 Å². The van der Waals surface area contributed by atoms with Crippen LogP contribution in [0.15, 0.2) is 11.1 Å². The molecule has 0 saturated heterocycles. The number of hydrogen-bond acceptors (Lipinski definition) is 1. The van der Waals surface area contributed by atoms with Crippen molar-refractivity contribution in [3.8, 4) is 0 Å². The van der Waals surface area contributed by atoms with E-state index in [0.717, 1.165) is 49.7 Å². The van der Waals surface area contributed by atoms with Crippen molar-refractivity contribution in [2.24, 2.45) is 0 Å². The molecule has 0 aliphatic heterocycles. The molecule has 0 aromatic rings. The third kappa shape index (κ3) is 2.97. The molecule has 1 atom stereocenters. The second-order valence-electron chi connectivity index (χ2n) is 4.04. The van der Waals surface area contributed by atoms with Gasteiger partial charge in [0.15, 0.2) is 5.78 Å². The Morgan fingerprint density at radius 3 is 2.50 bits per heavy atom. The average molecular weight is 195 g/mol. The minimum Gasteiger partial charge on any atom is -0.295 e. The van der Waals surface area contributed by atoms with Gasteiger partial charge in [0, 0.05) is 7.79 Å².